The third kappa shape index (κ3) is 6.09. The molecule has 7 nitrogen and oxygen atoms in total. The molecule has 1 aromatic heterocycles. The number of carbonyl (C=O) groups excluding carboxylic acids is 1. The fourth-order valence-electron chi connectivity index (χ4n) is 4.24. The second-order valence-corrected chi connectivity index (χ2v) is 8.83. The molecule has 0 atom stereocenters. The van der Waals surface area contributed by atoms with Crippen molar-refractivity contribution in [2.75, 3.05) is 30.9 Å². The topological polar surface area (TPSA) is 82.2 Å². The summed E-state index contributed by atoms with van der Waals surface area (Å²) in [5.41, 5.74) is 1.80. The van der Waals surface area contributed by atoms with E-state index >= 15 is 0 Å². The summed E-state index contributed by atoms with van der Waals surface area (Å²) in [6, 6.07) is 14.3. The molecule has 0 spiro atoms. The van der Waals surface area contributed by atoms with Crippen molar-refractivity contribution in [3.05, 3.63) is 59.9 Å². The van der Waals surface area contributed by atoms with Gasteiger partial charge in [-0.05, 0) is 61.4 Å². The highest BCUT2D eigenvalue weighted by molar-refractivity contribution is 5.90. The molecule has 8 heteroatoms. The molecular formula is C25H31FN6O. The fourth-order valence-corrected chi connectivity index (χ4v) is 4.24. The lowest BCUT2D eigenvalue weighted by molar-refractivity contribution is 0.235. The lowest BCUT2D eigenvalue weighted by Crippen LogP contribution is -2.39. The van der Waals surface area contributed by atoms with Gasteiger partial charge in [-0.25, -0.2) is 14.2 Å². The van der Waals surface area contributed by atoms with E-state index in [0.717, 1.165) is 48.0 Å². The van der Waals surface area contributed by atoms with Gasteiger partial charge in [0.1, 0.15) is 11.6 Å². The molecule has 3 aromatic rings. The van der Waals surface area contributed by atoms with Crippen LogP contribution in [0.1, 0.15) is 31.2 Å². The van der Waals surface area contributed by atoms with Crippen molar-refractivity contribution in [2.24, 2.45) is 5.92 Å². The van der Waals surface area contributed by atoms with E-state index < -0.39 is 0 Å². The van der Waals surface area contributed by atoms with Crippen LogP contribution in [-0.2, 0) is 6.54 Å². The molecule has 33 heavy (non-hydrogen) atoms. The van der Waals surface area contributed by atoms with E-state index in [2.05, 4.69) is 16.0 Å². The number of urea groups is 1. The van der Waals surface area contributed by atoms with Crippen LogP contribution in [0.4, 0.5) is 21.0 Å². The number of benzene rings is 2. The van der Waals surface area contributed by atoms with Crippen LogP contribution in [0.3, 0.4) is 0 Å². The summed E-state index contributed by atoms with van der Waals surface area (Å²) in [6.45, 7) is 1.03. The first-order chi connectivity index (χ1) is 16.0. The molecule has 0 aliphatic heterocycles. The number of carbonyl (C=O) groups is 1. The lowest BCUT2D eigenvalue weighted by atomic mass is 9.86. The summed E-state index contributed by atoms with van der Waals surface area (Å²) in [5.74, 6) is 1.75. The zero-order chi connectivity index (χ0) is 23.2. The van der Waals surface area contributed by atoms with E-state index in [1.807, 2.05) is 43.3 Å². The predicted molar refractivity (Wildman–Crippen MR) is 130 cm³/mol. The van der Waals surface area contributed by atoms with Crippen LogP contribution >= 0.6 is 0 Å². The summed E-state index contributed by atoms with van der Waals surface area (Å²) in [6.07, 6.45) is 4.09. The maximum atomic E-state index is 13.0. The Kier molecular flexibility index (Phi) is 7.22. The van der Waals surface area contributed by atoms with Crippen molar-refractivity contribution in [3.8, 4) is 0 Å². The van der Waals surface area contributed by atoms with Crippen LogP contribution < -0.4 is 20.9 Å². The van der Waals surface area contributed by atoms with Gasteiger partial charge in [-0.1, -0.05) is 24.3 Å². The van der Waals surface area contributed by atoms with Gasteiger partial charge in [0, 0.05) is 38.6 Å². The Morgan fingerprint density at radius 1 is 1.00 bits per heavy atom. The SMILES string of the molecule is CN(C)c1nc(NC2CCC(CNC(=O)NCc3ccc(F)cc3)CC2)nc2ccccc12. The minimum Gasteiger partial charge on any atom is -0.362 e. The number of nitrogens with one attached hydrogen (secondary N) is 3. The first-order valence-electron chi connectivity index (χ1n) is 11.4. The second kappa shape index (κ2) is 10.5. The van der Waals surface area contributed by atoms with E-state index in [9.17, 15) is 9.18 Å². The van der Waals surface area contributed by atoms with Crippen molar-refractivity contribution >= 4 is 28.7 Å². The van der Waals surface area contributed by atoms with E-state index in [0.29, 0.717) is 31.0 Å². The summed E-state index contributed by atoms with van der Waals surface area (Å²) in [7, 11) is 3.99. The molecule has 2 aromatic carbocycles. The number of para-hydroxylation sites is 1. The average molecular weight is 451 g/mol. The summed E-state index contributed by atoms with van der Waals surface area (Å²) in [4.78, 5) is 23.6. The summed E-state index contributed by atoms with van der Waals surface area (Å²) in [5, 5.41) is 10.3. The number of aromatic nitrogens is 2. The van der Waals surface area contributed by atoms with Crippen LogP contribution in [0, 0.1) is 11.7 Å². The molecule has 1 heterocycles. The van der Waals surface area contributed by atoms with Crippen molar-refractivity contribution in [1.29, 1.82) is 0 Å². The highest BCUT2D eigenvalue weighted by Crippen LogP contribution is 2.28. The van der Waals surface area contributed by atoms with Crippen LogP contribution in [-0.4, -0.2) is 42.7 Å². The molecule has 1 fully saturated rings. The van der Waals surface area contributed by atoms with Gasteiger partial charge in [-0.2, -0.15) is 4.98 Å². The van der Waals surface area contributed by atoms with E-state index in [1.54, 1.807) is 12.1 Å². The van der Waals surface area contributed by atoms with Gasteiger partial charge in [0.2, 0.25) is 5.95 Å². The Balaban J connectivity index is 1.23. The molecule has 174 valence electrons. The maximum Gasteiger partial charge on any atom is 0.315 e. The molecule has 3 N–H and O–H groups in total. The molecule has 2 amide bonds. The van der Waals surface area contributed by atoms with E-state index in [-0.39, 0.29) is 11.8 Å². The number of fused-ring (bicyclic) bond motifs is 1. The lowest BCUT2D eigenvalue weighted by Gasteiger charge is -2.29. The molecule has 1 aliphatic rings. The van der Waals surface area contributed by atoms with Crippen molar-refractivity contribution in [1.82, 2.24) is 20.6 Å². The van der Waals surface area contributed by atoms with E-state index in [1.165, 1.54) is 12.1 Å². The highest BCUT2D eigenvalue weighted by atomic mass is 19.1. The molecule has 1 saturated carbocycles. The minimum absolute atomic E-state index is 0.194. The smallest absolute Gasteiger partial charge is 0.315 e. The third-order valence-electron chi connectivity index (χ3n) is 6.10. The zero-order valence-electron chi connectivity index (χ0n) is 19.1. The number of hydrogen-bond donors (Lipinski definition) is 3. The second-order valence-electron chi connectivity index (χ2n) is 8.83. The number of halogens is 1. The minimum atomic E-state index is -0.279. The number of rotatable bonds is 7. The highest BCUT2D eigenvalue weighted by Gasteiger charge is 2.22. The molecule has 0 bridgehead atoms. The number of nitrogens with zero attached hydrogens (tertiary/aromatic N) is 3. The molecule has 0 unspecified atom stereocenters. The monoisotopic (exact) mass is 450 g/mol. The molecule has 1 aliphatic carbocycles. The van der Waals surface area contributed by atoms with Crippen LogP contribution in [0.15, 0.2) is 48.5 Å². The Labute approximate surface area is 193 Å². The largest absolute Gasteiger partial charge is 0.362 e. The molecule has 0 saturated heterocycles. The normalized spacial score (nSPS) is 18.0. The Hall–Kier alpha value is -3.42. The van der Waals surface area contributed by atoms with Gasteiger partial charge in [0.25, 0.3) is 0 Å². The van der Waals surface area contributed by atoms with Crippen molar-refractivity contribution < 1.29 is 9.18 Å². The van der Waals surface area contributed by atoms with Gasteiger partial charge in [0.05, 0.1) is 5.52 Å². The first kappa shape index (κ1) is 22.8. The van der Waals surface area contributed by atoms with Crippen LogP contribution in [0.2, 0.25) is 0 Å². The zero-order valence-corrected chi connectivity index (χ0v) is 19.1. The van der Waals surface area contributed by atoms with Crippen molar-refractivity contribution in [3.63, 3.8) is 0 Å². The average Bonchev–Trinajstić information content (AvgIpc) is 2.82. The van der Waals surface area contributed by atoms with Gasteiger partial charge in [0.15, 0.2) is 0 Å². The molecule has 0 radical (unpaired) electrons. The quantitative estimate of drug-likeness (QED) is 0.500. The standard InChI is InChI=1S/C25H31FN6O/c1-32(2)23-21-5-3-4-6-22(21)30-24(31-23)29-20-13-9-18(10-14-20)16-28-25(33)27-15-17-7-11-19(26)12-8-17/h3-8,11-12,18,20H,9-10,13-16H2,1-2H3,(H2,27,28,33)(H,29,30,31). The summed E-state index contributed by atoms with van der Waals surface area (Å²) < 4.78 is 13.0. The molecular weight excluding hydrogens is 419 g/mol. The van der Waals surface area contributed by atoms with Gasteiger partial charge < -0.3 is 20.9 Å². The Morgan fingerprint density at radius 3 is 2.45 bits per heavy atom. The Bertz CT molecular complexity index is 1080. The number of amides is 2. The van der Waals surface area contributed by atoms with Gasteiger partial charge in [-0.15, -0.1) is 0 Å². The first-order valence-corrected chi connectivity index (χ1v) is 11.4. The number of anilines is 2. The summed E-state index contributed by atoms with van der Waals surface area (Å²) >= 11 is 0. The van der Waals surface area contributed by atoms with Gasteiger partial charge >= 0.3 is 6.03 Å². The van der Waals surface area contributed by atoms with Gasteiger partial charge in [-0.3, -0.25) is 0 Å². The van der Waals surface area contributed by atoms with Crippen LogP contribution in [0.25, 0.3) is 10.9 Å². The molecule has 4 rings (SSSR count). The third-order valence-corrected chi connectivity index (χ3v) is 6.10. The van der Waals surface area contributed by atoms with Crippen molar-refractivity contribution in [2.45, 2.75) is 38.3 Å². The number of hydrogen-bond acceptors (Lipinski definition) is 5. The predicted octanol–water partition coefficient (Wildman–Crippen LogP) is 4.31. The fraction of sp³-hybridized carbons (Fsp3) is 0.400. The van der Waals surface area contributed by atoms with Crippen LogP contribution in [0.5, 0.6) is 0 Å². The Morgan fingerprint density at radius 2 is 1.73 bits per heavy atom. The van der Waals surface area contributed by atoms with E-state index in [4.69, 9.17) is 9.97 Å². The maximum absolute atomic E-state index is 13.0.